The molecule has 4 rings (SSSR count). The van der Waals surface area contributed by atoms with E-state index in [1.807, 2.05) is 48.5 Å². The minimum absolute atomic E-state index is 0.105. The number of para-hydroxylation sites is 1. The molecule has 9 heteroatoms. The van der Waals surface area contributed by atoms with E-state index in [0.29, 0.717) is 11.4 Å². The minimum Gasteiger partial charge on any atom is -0.318 e. The van der Waals surface area contributed by atoms with Gasteiger partial charge in [0.2, 0.25) is 5.91 Å². The van der Waals surface area contributed by atoms with Gasteiger partial charge in [0, 0.05) is 7.05 Å². The lowest BCUT2D eigenvalue weighted by Crippen LogP contribution is -2.37. The standard InChI is InChI=1S/C23H20N4O4S/c1-15-20(22(30)27(25(15)2)17-11-7-4-8-12-17)24-19(28)14-26-21(29)18(32-23(26)31)13-16-9-5-3-6-10-16/h3-13H,14H2,1-2H3,(H,24,28). The molecule has 162 valence electrons. The Kier molecular flexibility index (Phi) is 5.83. The molecule has 1 fully saturated rings. The molecule has 1 aliphatic rings. The predicted octanol–water partition coefficient (Wildman–Crippen LogP) is 3.16. The molecule has 0 atom stereocenters. The van der Waals surface area contributed by atoms with E-state index in [9.17, 15) is 19.2 Å². The molecule has 0 unspecified atom stereocenters. The van der Waals surface area contributed by atoms with Crippen molar-refractivity contribution >= 4 is 40.6 Å². The van der Waals surface area contributed by atoms with Crippen LogP contribution in [0.5, 0.6) is 0 Å². The Morgan fingerprint density at radius 2 is 1.62 bits per heavy atom. The minimum atomic E-state index is -0.626. The predicted molar refractivity (Wildman–Crippen MR) is 123 cm³/mol. The highest BCUT2D eigenvalue weighted by molar-refractivity contribution is 8.18. The molecule has 32 heavy (non-hydrogen) atoms. The van der Waals surface area contributed by atoms with Crippen molar-refractivity contribution in [2.75, 3.05) is 11.9 Å². The average Bonchev–Trinajstić information content (AvgIpc) is 3.16. The Hall–Kier alpha value is -3.85. The summed E-state index contributed by atoms with van der Waals surface area (Å²) in [5, 5.41) is 2.05. The number of imide groups is 1. The highest BCUT2D eigenvalue weighted by Gasteiger charge is 2.36. The van der Waals surface area contributed by atoms with Gasteiger partial charge in [-0.2, -0.15) is 0 Å². The van der Waals surface area contributed by atoms with Crippen LogP contribution in [-0.2, 0) is 16.6 Å². The first kappa shape index (κ1) is 21.4. The third-order valence-corrected chi connectivity index (χ3v) is 6.00. The molecule has 1 N–H and O–H groups in total. The maximum absolute atomic E-state index is 12.9. The number of benzene rings is 2. The lowest BCUT2D eigenvalue weighted by Gasteiger charge is -2.11. The molecule has 0 spiro atoms. The molecule has 0 saturated carbocycles. The van der Waals surface area contributed by atoms with E-state index in [-0.39, 0.29) is 10.6 Å². The summed E-state index contributed by atoms with van der Waals surface area (Å²) in [4.78, 5) is 51.7. The van der Waals surface area contributed by atoms with Crippen LogP contribution in [0.2, 0.25) is 0 Å². The summed E-state index contributed by atoms with van der Waals surface area (Å²) in [6.45, 7) is 1.23. The highest BCUT2D eigenvalue weighted by Crippen LogP contribution is 2.32. The molecule has 1 aliphatic heterocycles. The Labute approximate surface area is 188 Å². The van der Waals surface area contributed by atoms with Crippen LogP contribution in [-0.4, -0.2) is 37.9 Å². The SMILES string of the molecule is Cc1c(NC(=O)CN2C(=O)SC(=Cc3ccccc3)C2=O)c(=O)n(-c2ccccc2)n1C. The fraction of sp³-hybridized carbons (Fsp3) is 0.130. The normalized spacial score (nSPS) is 14.9. The molecule has 3 amide bonds. The number of thioether (sulfide) groups is 1. The molecule has 2 aromatic carbocycles. The number of nitrogens with zero attached hydrogens (tertiary/aromatic N) is 3. The van der Waals surface area contributed by atoms with E-state index in [4.69, 9.17) is 0 Å². The summed E-state index contributed by atoms with van der Waals surface area (Å²) in [5.41, 5.74) is 1.69. The van der Waals surface area contributed by atoms with E-state index in [0.717, 1.165) is 22.2 Å². The van der Waals surface area contributed by atoms with Gasteiger partial charge in [-0.25, -0.2) is 4.68 Å². The van der Waals surface area contributed by atoms with Gasteiger partial charge in [0.25, 0.3) is 16.7 Å². The Bertz CT molecular complexity index is 1290. The molecule has 1 saturated heterocycles. The number of anilines is 1. The second-order valence-electron chi connectivity index (χ2n) is 7.16. The van der Waals surface area contributed by atoms with Crippen LogP contribution in [0, 0.1) is 6.92 Å². The highest BCUT2D eigenvalue weighted by atomic mass is 32.2. The lowest BCUT2D eigenvalue weighted by atomic mass is 10.2. The Morgan fingerprint density at radius 3 is 2.28 bits per heavy atom. The maximum Gasteiger partial charge on any atom is 0.295 e. The van der Waals surface area contributed by atoms with E-state index in [1.165, 1.54) is 4.68 Å². The van der Waals surface area contributed by atoms with Gasteiger partial charge >= 0.3 is 0 Å². The summed E-state index contributed by atoms with van der Waals surface area (Å²) in [5.74, 6) is -1.16. The van der Waals surface area contributed by atoms with Crippen LogP contribution >= 0.6 is 11.8 Å². The van der Waals surface area contributed by atoms with Gasteiger partial charge in [-0.05, 0) is 42.5 Å². The number of hydrogen-bond acceptors (Lipinski definition) is 5. The lowest BCUT2D eigenvalue weighted by molar-refractivity contribution is -0.127. The molecular weight excluding hydrogens is 428 g/mol. The van der Waals surface area contributed by atoms with Crippen molar-refractivity contribution < 1.29 is 14.4 Å². The Morgan fingerprint density at radius 1 is 1.00 bits per heavy atom. The largest absolute Gasteiger partial charge is 0.318 e. The zero-order chi connectivity index (χ0) is 22.8. The van der Waals surface area contributed by atoms with Crippen LogP contribution < -0.4 is 10.9 Å². The van der Waals surface area contributed by atoms with Crippen LogP contribution in [0.15, 0.2) is 70.4 Å². The number of rotatable bonds is 5. The third kappa shape index (κ3) is 4.02. The third-order valence-electron chi connectivity index (χ3n) is 5.09. The first-order chi connectivity index (χ1) is 15.4. The number of hydrogen-bond donors (Lipinski definition) is 1. The van der Waals surface area contributed by atoms with E-state index >= 15 is 0 Å². The van der Waals surface area contributed by atoms with Crippen LogP contribution in [0.25, 0.3) is 11.8 Å². The van der Waals surface area contributed by atoms with Gasteiger partial charge in [0.15, 0.2) is 0 Å². The molecule has 2 heterocycles. The van der Waals surface area contributed by atoms with Crippen molar-refractivity contribution in [3.05, 3.63) is 87.2 Å². The number of carbonyl (C=O) groups is 3. The van der Waals surface area contributed by atoms with Gasteiger partial charge < -0.3 is 5.32 Å². The Balaban J connectivity index is 1.52. The number of nitrogens with one attached hydrogen (secondary N) is 1. The smallest absolute Gasteiger partial charge is 0.295 e. The molecular formula is C23H20N4O4S. The van der Waals surface area contributed by atoms with E-state index < -0.39 is 29.2 Å². The fourth-order valence-electron chi connectivity index (χ4n) is 3.37. The quantitative estimate of drug-likeness (QED) is 0.605. The fourth-order valence-corrected chi connectivity index (χ4v) is 4.21. The second kappa shape index (κ2) is 8.72. The van der Waals surface area contributed by atoms with Crippen molar-refractivity contribution in [3.63, 3.8) is 0 Å². The first-order valence-corrected chi connectivity index (χ1v) is 10.6. The van der Waals surface area contributed by atoms with E-state index in [1.54, 1.807) is 36.9 Å². The zero-order valence-corrected chi connectivity index (χ0v) is 18.3. The average molecular weight is 449 g/mol. The summed E-state index contributed by atoms with van der Waals surface area (Å²) in [7, 11) is 1.71. The molecule has 0 bridgehead atoms. The second-order valence-corrected chi connectivity index (χ2v) is 8.16. The van der Waals surface area contributed by atoms with Crippen molar-refractivity contribution in [1.82, 2.24) is 14.3 Å². The van der Waals surface area contributed by atoms with Crippen molar-refractivity contribution in [2.24, 2.45) is 7.05 Å². The van der Waals surface area contributed by atoms with E-state index in [2.05, 4.69) is 5.32 Å². The molecule has 1 aromatic heterocycles. The molecule has 3 aromatic rings. The summed E-state index contributed by atoms with van der Waals surface area (Å²) >= 11 is 0.784. The van der Waals surface area contributed by atoms with Crippen LogP contribution in [0.4, 0.5) is 10.5 Å². The molecule has 0 radical (unpaired) electrons. The number of carbonyl (C=O) groups excluding carboxylic acids is 3. The van der Waals surface area contributed by atoms with Gasteiger partial charge in [-0.3, -0.25) is 28.8 Å². The summed E-state index contributed by atoms with van der Waals surface area (Å²) < 4.78 is 3.07. The van der Waals surface area contributed by atoms with Gasteiger partial charge in [-0.1, -0.05) is 48.5 Å². The monoisotopic (exact) mass is 448 g/mol. The van der Waals surface area contributed by atoms with Crippen LogP contribution in [0.1, 0.15) is 11.3 Å². The first-order valence-electron chi connectivity index (χ1n) is 9.81. The van der Waals surface area contributed by atoms with Crippen molar-refractivity contribution in [3.8, 4) is 5.69 Å². The van der Waals surface area contributed by atoms with Crippen LogP contribution in [0.3, 0.4) is 0 Å². The van der Waals surface area contributed by atoms with Crippen molar-refractivity contribution in [2.45, 2.75) is 6.92 Å². The summed E-state index contributed by atoms with van der Waals surface area (Å²) in [6, 6.07) is 18.2. The molecule has 8 nitrogen and oxygen atoms in total. The van der Waals surface area contributed by atoms with Gasteiger partial charge in [0.1, 0.15) is 12.2 Å². The number of amides is 3. The van der Waals surface area contributed by atoms with Crippen molar-refractivity contribution in [1.29, 1.82) is 0 Å². The zero-order valence-electron chi connectivity index (χ0n) is 17.4. The summed E-state index contributed by atoms with van der Waals surface area (Å²) in [6.07, 6.45) is 1.61. The topological polar surface area (TPSA) is 93.4 Å². The maximum atomic E-state index is 12.9. The van der Waals surface area contributed by atoms with Gasteiger partial charge in [-0.15, -0.1) is 0 Å². The molecule has 0 aliphatic carbocycles. The number of aromatic nitrogens is 2. The van der Waals surface area contributed by atoms with Gasteiger partial charge in [0.05, 0.1) is 16.3 Å².